The van der Waals surface area contributed by atoms with Gasteiger partial charge >= 0.3 is 0 Å². The van der Waals surface area contributed by atoms with Crippen LogP contribution in [0.4, 0.5) is 0 Å². The number of nitrogens with zero attached hydrogens (tertiary/aromatic N) is 4. The minimum Gasteiger partial charge on any atom is -0.309 e. The predicted molar refractivity (Wildman–Crippen MR) is 163 cm³/mol. The van der Waals surface area contributed by atoms with Crippen molar-refractivity contribution in [1.82, 2.24) is 14.1 Å². The second-order valence-corrected chi connectivity index (χ2v) is 9.99. The largest absolute Gasteiger partial charge is 0.309 e. The SMILES string of the molecule is N#Cc1cc(-c2ccccc2-n2c3ccccc3c3ccccc32)cc(-n2c3ccccc3c3cccnc32)c1. The second kappa shape index (κ2) is 8.69. The first-order valence-corrected chi connectivity index (χ1v) is 13.3. The summed E-state index contributed by atoms with van der Waals surface area (Å²) in [4.78, 5) is 4.76. The van der Waals surface area contributed by atoms with E-state index in [2.05, 4.69) is 118 Å². The summed E-state index contributed by atoms with van der Waals surface area (Å²) in [5.41, 5.74) is 8.87. The Kier molecular flexibility index (Phi) is 4.85. The first kappa shape index (κ1) is 22.3. The van der Waals surface area contributed by atoms with E-state index >= 15 is 0 Å². The highest BCUT2D eigenvalue weighted by Gasteiger charge is 2.18. The molecule has 186 valence electrons. The minimum atomic E-state index is 0.603. The van der Waals surface area contributed by atoms with Crippen molar-refractivity contribution in [2.24, 2.45) is 0 Å². The standard InChI is InChI=1S/C36H22N4/c37-23-24-20-25(22-26(21-24)39-33-16-6-4-13-30(33)31-14-9-19-38-36(31)39)27-10-1-5-15-32(27)40-34-17-7-2-11-28(34)29-12-3-8-18-35(29)40/h1-22H. The van der Waals surface area contributed by atoms with E-state index in [9.17, 15) is 5.26 Å². The van der Waals surface area contributed by atoms with Gasteiger partial charge in [-0.2, -0.15) is 5.26 Å². The number of hydrogen-bond acceptors (Lipinski definition) is 2. The van der Waals surface area contributed by atoms with Crippen LogP contribution in [-0.4, -0.2) is 14.1 Å². The number of fused-ring (bicyclic) bond motifs is 6. The molecule has 8 rings (SSSR count). The fourth-order valence-electron chi connectivity index (χ4n) is 6.11. The van der Waals surface area contributed by atoms with Gasteiger partial charge in [0.05, 0.1) is 33.9 Å². The van der Waals surface area contributed by atoms with E-state index in [0.717, 1.165) is 55.5 Å². The van der Waals surface area contributed by atoms with E-state index in [-0.39, 0.29) is 0 Å². The molecular weight excluding hydrogens is 488 g/mol. The predicted octanol–water partition coefficient (Wildman–Crippen LogP) is 8.81. The average molecular weight is 511 g/mol. The van der Waals surface area contributed by atoms with Gasteiger partial charge < -0.3 is 4.57 Å². The molecule has 0 aliphatic rings. The van der Waals surface area contributed by atoms with Crippen LogP contribution in [0.5, 0.6) is 0 Å². The maximum atomic E-state index is 10.1. The van der Waals surface area contributed by atoms with E-state index in [1.165, 1.54) is 10.8 Å². The highest BCUT2D eigenvalue weighted by Crippen LogP contribution is 2.38. The van der Waals surface area contributed by atoms with E-state index in [1.807, 2.05) is 30.5 Å². The van der Waals surface area contributed by atoms with Crippen LogP contribution >= 0.6 is 0 Å². The lowest BCUT2D eigenvalue weighted by Gasteiger charge is -2.16. The summed E-state index contributed by atoms with van der Waals surface area (Å²) < 4.78 is 4.50. The summed E-state index contributed by atoms with van der Waals surface area (Å²) in [5, 5.41) is 14.8. The number of nitriles is 1. The number of aromatic nitrogens is 3. The summed E-state index contributed by atoms with van der Waals surface area (Å²) in [7, 11) is 0. The second-order valence-electron chi connectivity index (χ2n) is 9.99. The zero-order valence-electron chi connectivity index (χ0n) is 21.5. The Labute approximate surface area is 230 Å². The zero-order valence-corrected chi connectivity index (χ0v) is 21.5. The molecule has 3 aromatic heterocycles. The molecule has 0 amide bonds. The molecule has 0 aliphatic heterocycles. The van der Waals surface area contributed by atoms with Crippen LogP contribution in [0.3, 0.4) is 0 Å². The molecule has 4 nitrogen and oxygen atoms in total. The van der Waals surface area contributed by atoms with Gasteiger partial charge in [-0.1, -0.05) is 72.8 Å². The molecule has 5 aromatic carbocycles. The van der Waals surface area contributed by atoms with Crippen LogP contribution < -0.4 is 0 Å². The van der Waals surface area contributed by atoms with Crippen molar-refractivity contribution < 1.29 is 0 Å². The highest BCUT2D eigenvalue weighted by molar-refractivity contribution is 6.10. The Morgan fingerprint density at radius 1 is 0.550 bits per heavy atom. The molecule has 4 heteroatoms. The van der Waals surface area contributed by atoms with Crippen LogP contribution in [0.1, 0.15) is 5.56 Å². The summed E-state index contributed by atoms with van der Waals surface area (Å²) in [6.45, 7) is 0. The third kappa shape index (κ3) is 3.22. The number of para-hydroxylation sites is 4. The highest BCUT2D eigenvalue weighted by atomic mass is 15.0. The molecule has 0 saturated heterocycles. The van der Waals surface area contributed by atoms with Crippen molar-refractivity contribution in [3.63, 3.8) is 0 Å². The van der Waals surface area contributed by atoms with Gasteiger partial charge in [-0.05, 0) is 60.2 Å². The van der Waals surface area contributed by atoms with Crippen molar-refractivity contribution in [1.29, 1.82) is 5.26 Å². The molecule has 3 heterocycles. The zero-order chi connectivity index (χ0) is 26.6. The Morgan fingerprint density at radius 2 is 1.12 bits per heavy atom. The molecule has 0 spiro atoms. The number of rotatable bonds is 3. The Hall–Kier alpha value is -5.66. The van der Waals surface area contributed by atoms with Crippen molar-refractivity contribution >= 4 is 43.7 Å². The molecule has 0 radical (unpaired) electrons. The van der Waals surface area contributed by atoms with Gasteiger partial charge in [0.1, 0.15) is 5.65 Å². The van der Waals surface area contributed by atoms with Crippen molar-refractivity contribution in [3.8, 4) is 28.6 Å². The van der Waals surface area contributed by atoms with Gasteiger partial charge in [0, 0.05) is 39.0 Å². The summed E-state index contributed by atoms with van der Waals surface area (Å²) >= 11 is 0. The number of hydrogen-bond donors (Lipinski definition) is 0. The molecule has 0 unspecified atom stereocenters. The fourth-order valence-corrected chi connectivity index (χ4v) is 6.11. The molecule has 0 atom stereocenters. The first-order valence-electron chi connectivity index (χ1n) is 13.3. The van der Waals surface area contributed by atoms with Gasteiger partial charge in [-0.25, -0.2) is 4.98 Å². The monoisotopic (exact) mass is 510 g/mol. The van der Waals surface area contributed by atoms with Gasteiger partial charge in [0.25, 0.3) is 0 Å². The van der Waals surface area contributed by atoms with Crippen LogP contribution in [0.25, 0.3) is 66.2 Å². The van der Waals surface area contributed by atoms with Gasteiger partial charge in [0.2, 0.25) is 0 Å². The van der Waals surface area contributed by atoms with Gasteiger partial charge in [0.15, 0.2) is 0 Å². The van der Waals surface area contributed by atoms with E-state index in [4.69, 9.17) is 4.98 Å². The lowest BCUT2D eigenvalue weighted by atomic mass is 10.00. The summed E-state index contributed by atoms with van der Waals surface area (Å²) in [5.74, 6) is 0. The third-order valence-electron chi connectivity index (χ3n) is 7.77. The maximum Gasteiger partial charge on any atom is 0.145 e. The molecule has 8 aromatic rings. The van der Waals surface area contributed by atoms with Crippen molar-refractivity contribution in [2.75, 3.05) is 0 Å². The fraction of sp³-hybridized carbons (Fsp3) is 0. The Bertz CT molecular complexity index is 2190. The van der Waals surface area contributed by atoms with E-state index in [0.29, 0.717) is 5.56 Å². The average Bonchev–Trinajstić information content (AvgIpc) is 3.54. The van der Waals surface area contributed by atoms with Crippen LogP contribution in [0.15, 0.2) is 134 Å². The third-order valence-corrected chi connectivity index (χ3v) is 7.77. The summed E-state index contributed by atoms with van der Waals surface area (Å²) in [6.07, 6.45) is 1.82. The smallest absolute Gasteiger partial charge is 0.145 e. The molecule has 0 N–H and O–H groups in total. The van der Waals surface area contributed by atoms with E-state index < -0.39 is 0 Å². The summed E-state index contributed by atoms with van der Waals surface area (Å²) in [6, 6.07) is 46.4. The maximum absolute atomic E-state index is 10.1. The lowest BCUT2D eigenvalue weighted by molar-refractivity contribution is 1.13. The quantitative estimate of drug-likeness (QED) is 0.238. The normalized spacial score (nSPS) is 11.5. The number of pyridine rings is 1. The molecular formula is C36H22N4. The lowest BCUT2D eigenvalue weighted by Crippen LogP contribution is -2.00. The Morgan fingerprint density at radius 3 is 1.82 bits per heavy atom. The van der Waals surface area contributed by atoms with E-state index in [1.54, 1.807) is 0 Å². The molecule has 0 bridgehead atoms. The van der Waals surface area contributed by atoms with Crippen molar-refractivity contribution in [2.45, 2.75) is 0 Å². The van der Waals surface area contributed by atoms with Crippen LogP contribution in [0, 0.1) is 11.3 Å². The Balaban J connectivity index is 1.43. The first-order chi connectivity index (χ1) is 19.8. The molecule has 0 saturated carbocycles. The van der Waals surface area contributed by atoms with Crippen LogP contribution in [0.2, 0.25) is 0 Å². The van der Waals surface area contributed by atoms with Crippen molar-refractivity contribution in [3.05, 3.63) is 139 Å². The topological polar surface area (TPSA) is 46.5 Å². The molecule has 40 heavy (non-hydrogen) atoms. The van der Waals surface area contributed by atoms with Gasteiger partial charge in [-0.3, -0.25) is 4.57 Å². The molecule has 0 fully saturated rings. The molecule has 0 aliphatic carbocycles. The van der Waals surface area contributed by atoms with Crippen LogP contribution in [-0.2, 0) is 0 Å². The van der Waals surface area contributed by atoms with Gasteiger partial charge in [-0.15, -0.1) is 0 Å². The number of benzene rings is 5. The minimum absolute atomic E-state index is 0.603.